The number of rotatable bonds is 3. The molecule has 1 aromatic rings. The Morgan fingerprint density at radius 3 is 3.06 bits per heavy atom. The number of carbonyl (C=O) groups is 2. The molecule has 2 rings (SSSR count). The number of hydrogen-bond donors (Lipinski definition) is 2. The van der Waals surface area contributed by atoms with Gasteiger partial charge in [-0.3, -0.25) is 15.0 Å². The maximum atomic E-state index is 11.6. The molecule has 0 bridgehead atoms. The van der Waals surface area contributed by atoms with Gasteiger partial charge in [0, 0.05) is 13.0 Å². The van der Waals surface area contributed by atoms with E-state index in [2.05, 4.69) is 0 Å². The summed E-state index contributed by atoms with van der Waals surface area (Å²) in [5.41, 5.74) is 2.40. The highest BCUT2D eigenvalue weighted by Crippen LogP contribution is 2.16. The van der Waals surface area contributed by atoms with Gasteiger partial charge in [-0.15, -0.1) is 0 Å². The zero-order valence-electron chi connectivity index (χ0n) is 9.44. The molecule has 3 N–H and O–H groups in total. The van der Waals surface area contributed by atoms with Gasteiger partial charge in [0.1, 0.15) is 12.0 Å². The van der Waals surface area contributed by atoms with Crippen LogP contribution in [0.1, 0.15) is 35.4 Å². The van der Waals surface area contributed by atoms with Crippen molar-refractivity contribution in [3.05, 3.63) is 23.7 Å². The summed E-state index contributed by atoms with van der Waals surface area (Å²) in [6, 6.07) is 1.60. The van der Waals surface area contributed by atoms with Gasteiger partial charge in [0.25, 0.3) is 5.91 Å². The van der Waals surface area contributed by atoms with Gasteiger partial charge in [-0.1, -0.05) is 0 Å². The van der Waals surface area contributed by atoms with Crippen LogP contribution >= 0.6 is 0 Å². The molecular weight excluding hydrogens is 222 g/mol. The quantitative estimate of drug-likeness (QED) is 0.452. The minimum absolute atomic E-state index is 0.137. The molecule has 17 heavy (non-hydrogen) atoms. The molecular formula is C11H15N3O3. The van der Waals surface area contributed by atoms with Crippen molar-refractivity contribution in [2.75, 3.05) is 6.54 Å². The summed E-state index contributed by atoms with van der Waals surface area (Å²) in [5.74, 6) is 5.35. The third kappa shape index (κ3) is 2.65. The number of piperidine rings is 1. The summed E-state index contributed by atoms with van der Waals surface area (Å²) in [4.78, 5) is 24.5. The zero-order chi connectivity index (χ0) is 12.3. The van der Waals surface area contributed by atoms with Gasteiger partial charge in [0.2, 0.25) is 5.91 Å². The summed E-state index contributed by atoms with van der Waals surface area (Å²) in [7, 11) is 0. The highest BCUT2D eigenvalue weighted by molar-refractivity contribution is 5.93. The zero-order valence-corrected chi connectivity index (χ0v) is 9.44. The number of hydrazine groups is 1. The number of nitrogens with two attached hydrogens (primary N) is 1. The van der Waals surface area contributed by atoms with E-state index in [9.17, 15) is 9.59 Å². The molecule has 0 spiro atoms. The molecule has 1 aliphatic rings. The molecule has 1 aromatic heterocycles. The number of nitrogen functional groups attached to an aromatic ring is 1. The number of nitrogens with one attached hydrogen (secondary N) is 1. The van der Waals surface area contributed by atoms with Crippen molar-refractivity contribution in [1.82, 2.24) is 10.3 Å². The van der Waals surface area contributed by atoms with Gasteiger partial charge in [-0.05, 0) is 18.9 Å². The van der Waals surface area contributed by atoms with Crippen molar-refractivity contribution in [2.24, 2.45) is 5.84 Å². The molecule has 0 radical (unpaired) electrons. The van der Waals surface area contributed by atoms with Crippen LogP contribution in [-0.2, 0) is 11.3 Å². The van der Waals surface area contributed by atoms with Crippen LogP contribution in [0.5, 0.6) is 0 Å². The van der Waals surface area contributed by atoms with Crippen LogP contribution in [0.3, 0.4) is 0 Å². The van der Waals surface area contributed by atoms with Crippen LogP contribution in [0.2, 0.25) is 0 Å². The number of nitrogens with zero attached hydrogens (tertiary/aromatic N) is 1. The van der Waals surface area contributed by atoms with Crippen molar-refractivity contribution in [3.63, 3.8) is 0 Å². The topological polar surface area (TPSA) is 88.6 Å². The Morgan fingerprint density at radius 1 is 1.53 bits per heavy atom. The van der Waals surface area contributed by atoms with Crippen LogP contribution in [0.25, 0.3) is 0 Å². The predicted octanol–water partition coefficient (Wildman–Crippen LogP) is 0.396. The molecule has 2 heterocycles. The number of amides is 2. The summed E-state index contributed by atoms with van der Waals surface area (Å²) in [6.07, 6.45) is 3.90. The minimum atomic E-state index is -0.398. The van der Waals surface area contributed by atoms with Crippen LogP contribution in [-0.4, -0.2) is 23.3 Å². The fourth-order valence-electron chi connectivity index (χ4n) is 1.88. The van der Waals surface area contributed by atoms with Gasteiger partial charge in [-0.25, -0.2) is 5.84 Å². The standard InChI is InChI=1S/C11H15N3O3/c12-13-11(16)8-5-9(17-7-8)6-14-4-2-1-3-10(14)15/h5,7H,1-4,6,12H2,(H,13,16). The Hall–Kier alpha value is -1.82. The van der Waals surface area contributed by atoms with E-state index in [0.29, 0.717) is 24.3 Å². The third-order valence-corrected chi connectivity index (χ3v) is 2.82. The number of furan rings is 1. The second-order valence-corrected chi connectivity index (χ2v) is 4.05. The normalized spacial score (nSPS) is 16.1. The molecule has 1 aliphatic heterocycles. The first kappa shape index (κ1) is 11.7. The number of carbonyl (C=O) groups excluding carboxylic acids is 2. The molecule has 6 nitrogen and oxygen atoms in total. The van der Waals surface area contributed by atoms with Crippen LogP contribution in [0, 0.1) is 0 Å². The van der Waals surface area contributed by atoms with E-state index in [4.69, 9.17) is 10.3 Å². The van der Waals surface area contributed by atoms with Crippen LogP contribution in [0.4, 0.5) is 0 Å². The first-order valence-corrected chi connectivity index (χ1v) is 5.57. The largest absolute Gasteiger partial charge is 0.467 e. The molecule has 1 saturated heterocycles. The van der Waals surface area contributed by atoms with E-state index in [1.165, 1.54) is 6.26 Å². The van der Waals surface area contributed by atoms with E-state index >= 15 is 0 Å². The van der Waals surface area contributed by atoms with Crippen LogP contribution < -0.4 is 11.3 Å². The lowest BCUT2D eigenvalue weighted by atomic mass is 10.1. The Morgan fingerprint density at radius 2 is 2.35 bits per heavy atom. The molecule has 0 atom stereocenters. The highest BCUT2D eigenvalue weighted by atomic mass is 16.3. The van der Waals surface area contributed by atoms with Crippen LogP contribution in [0.15, 0.2) is 16.7 Å². The van der Waals surface area contributed by atoms with Crippen molar-refractivity contribution < 1.29 is 14.0 Å². The fourth-order valence-corrected chi connectivity index (χ4v) is 1.88. The van der Waals surface area contributed by atoms with Crippen molar-refractivity contribution >= 4 is 11.8 Å². The average molecular weight is 237 g/mol. The smallest absolute Gasteiger partial charge is 0.268 e. The molecule has 0 aliphatic carbocycles. The number of likely N-dealkylation sites (tertiary alicyclic amines) is 1. The Bertz CT molecular complexity index is 427. The molecule has 6 heteroatoms. The Balaban J connectivity index is 2.01. The van der Waals surface area contributed by atoms with Gasteiger partial charge >= 0.3 is 0 Å². The van der Waals surface area contributed by atoms with Crippen molar-refractivity contribution in [3.8, 4) is 0 Å². The van der Waals surface area contributed by atoms with E-state index in [0.717, 1.165) is 19.4 Å². The molecule has 0 aromatic carbocycles. The predicted molar refractivity (Wildman–Crippen MR) is 59.6 cm³/mol. The second kappa shape index (κ2) is 5.01. The Kier molecular flexibility index (Phi) is 3.43. The van der Waals surface area contributed by atoms with Crippen molar-refractivity contribution in [1.29, 1.82) is 0 Å². The lowest BCUT2D eigenvalue weighted by Gasteiger charge is -2.25. The minimum Gasteiger partial charge on any atom is -0.467 e. The third-order valence-electron chi connectivity index (χ3n) is 2.82. The molecule has 92 valence electrons. The van der Waals surface area contributed by atoms with Gasteiger partial charge < -0.3 is 9.32 Å². The summed E-state index contributed by atoms with van der Waals surface area (Å²) >= 11 is 0. The SMILES string of the molecule is NNC(=O)c1coc(CN2CCCCC2=O)c1. The van der Waals surface area contributed by atoms with E-state index in [-0.39, 0.29) is 5.91 Å². The maximum Gasteiger partial charge on any atom is 0.268 e. The summed E-state index contributed by atoms with van der Waals surface area (Å²) < 4.78 is 5.23. The van der Waals surface area contributed by atoms with E-state index in [1.54, 1.807) is 11.0 Å². The Labute approximate surface area is 98.7 Å². The fraction of sp³-hybridized carbons (Fsp3) is 0.455. The molecule has 0 saturated carbocycles. The highest BCUT2D eigenvalue weighted by Gasteiger charge is 2.19. The average Bonchev–Trinajstić information content (AvgIpc) is 2.80. The van der Waals surface area contributed by atoms with Gasteiger partial charge in [0.15, 0.2) is 0 Å². The summed E-state index contributed by atoms with van der Waals surface area (Å²) in [5, 5.41) is 0. The first-order chi connectivity index (χ1) is 8.20. The second-order valence-electron chi connectivity index (χ2n) is 4.05. The first-order valence-electron chi connectivity index (χ1n) is 5.57. The maximum absolute atomic E-state index is 11.6. The van der Waals surface area contributed by atoms with Gasteiger partial charge in [0.05, 0.1) is 12.1 Å². The monoisotopic (exact) mass is 237 g/mol. The van der Waals surface area contributed by atoms with Crippen molar-refractivity contribution in [2.45, 2.75) is 25.8 Å². The van der Waals surface area contributed by atoms with E-state index in [1.807, 2.05) is 5.43 Å². The summed E-state index contributed by atoms with van der Waals surface area (Å²) in [6.45, 7) is 1.16. The lowest BCUT2D eigenvalue weighted by molar-refractivity contribution is -0.134. The van der Waals surface area contributed by atoms with Gasteiger partial charge in [-0.2, -0.15) is 0 Å². The lowest BCUT2D eigenvalue weighted by Crippen LogP contribution is -2.34. The van der Waals surface area contributed by atoms with E-state index < -0.39 is 5.91 Å². The molecule has 2 amide bonds. The molecule has 1 fully saturated rings. The molecule has 0 unspecified atom stereocenters. The number of hydrogen-bond acceptors (Lipinski definition) is 4.